The minimum Gasteiger partial charge on any atom is -0.455 e. The van der Waals surface area contributed by atoms with Crippen LogP contribution in [0.25, 0.3) is 11.3 Å². The fourth-order valence-corrected chi connectivity index (χ4v) is 5.49. The predicted molar refractivity (Wildman–Crippen MR) is 105 cm³/mol. The zero-order valence-electron chi connectivity index (χ0n) is 15.8. The van der Waals surface area contributed by atoms with E-state index in [1.807, 2.05) is 0 Å². The van der Waals surface area contributed by atoms with Crippen molar-refractivity contribution in [3.63, 3.8) is 0 Å². The summed E-state index contributed by atoms with van der Waals surface area (Å²) in [6.07, 6.45) is 6.75. The van der Waals surface area contributed by atoms with Crippen molar-refractivity contribution in [2.45, 2.75) is 6.42 Å². The Labute approximate surface area is 171 Å². The van der Waals surface area contributed by atoms with Gasteiger partial charge in [-0.1, -0.05) is 12.2 Å². The van der Waals surface area contributed by atoms with Gasteiger partial charge in [0, 0.05) is 17.7 Å². The molecule has 1 saturated heterocycles. The molecule has 150 valence electrons. The molecule has 1 aromatic heterocycles. The summed E-state index contributed by atoms with van der Waals surface area (Å²) in [5.41, 5.74) is 0.683. The maximum Gasteiger partial charge on any atom is 0.269 e. The summed E-state index contributed by atoms with van der Waals surface area (Å²) in [5, 5.41) is 16.0. The van der Waals surface area contributed by atoms with E-state index in [1.54, 1.807) is 24.3 Å². The summed E-state index contributed by atoms with van der Waals surface area (Å²) in [5.74, 6) is 1.36. The zero-order valence-corrected chi connectivity index (χ0v) is 15.8. The summed E-state index contributed by atoms with van der Waals surface area (Å²) in [7, 11) is 0. The van der Waals surface area contributed by atoms with E-state index in [0.717, 1.165) is 11.4 Å². The molecule has 0 N–H and O–H groups in total. The number of non-ortho nitro benzene ring substituents is 1. The number of rotatable bonds is 4. The fraction of sp³-hybridized carbons (Fsp3) is 0.318. The SMILES string of the molecule is O=C1[C@@H]2[C@@H]3C=C[C@H]([C@H]4C[C@H]34)[C@@H]2C(=O)N1/N=C\c1ccc(-c2ccc([N+](=O)[O-])cc2)o1. The van der Waals surface area contributed by atoms with E-state index in [-0.39, 0.29) is 41.2 Å². The van der Waals surface area contributed by atoms with Crippen molar-refractivity contribution in [3.8, 4) is 11.3 Å². The molecule has 8 nitrogen and oxygen atoms in total. The highest BCUT2D eigenvalue weighted by molar-refractivity contribution is 6.06. The molecule has 2 heterocycles. The topological polar surface area (TPSA) is 106 Å². The second-order valence-corrected chi connectivity index (χ2v) is 8.39. The van der Waals surface area contributed by atoms with E-state index in [0.29, 0.717) is 28.9 Å². The van der Waals surface area contributed by atoms with Crippen molar-refractivity contribution >= 4 is 23.7 Å². The molecule has 2 aromatic rings. The van der Waals surface area contributed by atoms with Crippen LogP contribution in [0.2, 0.25) is 0 Å². The van der Waals surface area contributed by atoms with Gasteiger partial charge in [-0.25, -0.2) is 0 Å². The van der Waals surface area contributed by atoms with Crippen molar-refractivity contribution in [1.82, 2.24) is 5.01 Å². The monoisotopic (exact) mass is 403 g/mol. The number of nitrogens with zero attached hydrogens (tertiary/aromatic N) is 3. The van der Waals surface area contributed by atoms with E-state index in [1.165, 1.54) is 18.3 Å². The van der Waals surface area contributed by atoms with Crippen molar-refractivity contribution in [1.29, 1.82) is 0 Å². The average molecular weight is 403 g/mol. The molecule has 2 bridgehead atoms. The summed E-state index contributed by atoms with van der Waals surface area (Å²) >= 11 is 0. The summed E-state index contributed by atoms with van der Waals surface area (Å²) in [4.78, 5) is 36.1. The Morgan fingerprint density at radius 3 is 2.23 bits per heavy atom. The number of hydrogen-bond acceptors (Lipinski definition) is 6. The lowest BCUT2D eigenvalue weighted by molar-refractivity contribution is -0.384. The molecule has 4 aliphatic carbocycles. The molecule has 8 heteroatoms. The molecular formula is C22H17N3O5. The molecule has 7 rings (SSSR count). The Morgan fingerprint density at radius 2 is 1.63 bits per heavy atom. The van der Waals surface area contributed by atoms with E-state index in [9.17, 15) is 19.7 Å². The number of nitro groups is 1. The summed E-state index contributed by atoms with van der Waals surface area (Å²) < 4.78 is 5.72. The van der Waals surface area contributed by atoms with Gasteiger partial charge < -0.3 is 4.42 Å². The quantitative estimate of drug-likeness (QED) is 0.256. The molecule has 0 spiro atoms. The number of imide groups is 1. The smallest absolute Gasteiger partial charge is 0.269 e. The van der Waals surface area contributed by atoms with Crippen molar-refractivity contribution in [2.75, 3.05) is 0 Å². The zero-order chi connectivity index (χ0) is 20.6. The third-order valence-electron chi connectivity index (χ3n) is 6.93. The van der Waals surface area contributed by atoms with E-state index in [4.69, 9.17) is 4.42 Å². The minimum atomic E-state index is -0.461. The molecule has 2 saturated carbocycles. The highest BCUT2D eigenvalue weighted by Crippen LogP contribution is 2.65. The number of furan rings is 1. The Kier molecular flexibility index (Phi) is 3.45. The van der Waals surface area contributed by atoms with Gasteiger partial charge in [0.15, 0.2) is 0 Å². The first-order valence-electron chi connectivity index (χ1n) is 9.98. The number of hydrazone groups is 1. The number of hydrogen-bond donors (Lipinski definition) is 0. The number of carbonyl (C=O) groups is 2. The molecule has 3 fully saturated rings. The van der Waals surface area contributed by atoms with Crippen molar-refractivity contribution < 1.29 is 18.9 Å². The van der Waals surface area contributed by atoms with Gasteiger partial charge in [-0.2, -0.15) is 10.1 Å². The first kappa shape index (κ1) is 17.3. The van der Waals surface area contributed by atoms with Gasteiger partial charge in [-0.15, -0.1) is 0 Å². The van der Waals surface area contributed by atoms with Crippen LogP contribution in [0.5, 0.6) is 0 Å². The summed E-state index contributed by atoms with van der Waals surface area (Å²) in [6, 6.07) is 9.41. The third-order valence-corrected chi connectivity index (χ3v) is 6.93. The Bertz CT molecular complexity index is 1110. The summed E-state index contributed by atoms with van der Waals surface area (Å²) in [6.45, 7) is 0. The lowest BCUT2D eigenvalue weighted by Crippen LogP contribution is -2.40. The number of benzene rings is 1. The van der Waals surface area contributed by atoms with Gasteiger partial charge in [0.05, 0.1) is 23.0 Å². The number of allylic oxidation sites excluding steroid dienone is 2. The molecule has 0 unspecified atom stereocenters. The van der Waals surface area contributed by atoms with Crippen molar-refractivity contribution in [3.05, 3.63) is 64.4 Å². The number of amides is 2. The maximum absolute atomic E-state index is 12.9. The second-order valence-electron chi connectivity index (χ2n) is 8.39. The van der Waals surface area contributed by atoms with Gasteiger partial charge in [0.25, 0.3) is 17.5 Å². The van der Waals surface area contributed by atoms with Gasteiger partial charge in [-0.3, -0.25) is 19.7 Å². The highest BCUT2D eigenvalue weighted by Gasteiger charge is 2.67. The van der Waals surface area contributed by atoms with Gasteiger partial charge in [0.2, 0.25) is 0 Å². The van der Waals surface area contributed by atoms with E-state index in [2.05, 4.69) is 17.3 Å². The van der Waals surface area contributed by atoms with E-state index < -0.39 is 4.92 Å². The lowest BCUT2D eigenvalue weighted by Gasteiger charge is -2.37. The Morgan fingerprint density at radius 1 is 1.00 bits per heavy atom. The molecule has 5 aliphatic rings. The molecule has 30 heavy (non-hydrogen) atoms. The number of carbonyl (C=O) groups excluding carboxylic acids is 2. The largest absolute Gasteiger partial charge is 0.455 e. The van der Waals surface area contributed by atoms with Crippen LogP contribution in [-0.2, 0) is 9.59 Å². The standard InChI is InChI=1S/C22H17N3O5/c26-21-19-14-6-7-15(17-9-16(14)17)20(19)22(27)24(21)23-10-13-5-8-18(30-13)11-1-3-12(4-2-11)25(28)29/h1-8,10,14-17,19-20H,9H2/b23-10-/t14-,15-,16-,17-,19-,20+/m1/s1. The predicted octanol–water partition coefficient (Wildman–Crippen LogP) is 3.24. The molecule has 2 amide bonds. The Balaban J connectivity index is 1.22. The van der Waals surface area contributed by atoms with Crippen LogP contribution in [0.1, 0.15) is 12.2 Å². The number of nitro benzene ring substituents is 1. The van der Waals surface area contributed by atoms with Gasteiger partial charge in [0.1, 0.15) is 11.5 Å². The van der Waals surface area contributed by atoms with E-state index >= 15 is 0 Å². The fourth-order valence-electron chi connectivity index (χ4n) is 5.49. The third kappa shape index (κ3) is 2.36. The second kappa shape index (κ2) is 5.98. The van der Waals surface area contributed by atoms with Crippen LogP contribution >= 0.6 is 0 Å². The first-order chi connectivity index (χ1) is 14.5. The van der Waals surface area contributed by atoms with Crippen LogP contribution < -0.4 is 0 Å². The molecule has 6 atom stereocenters. The maximum atomic E-state index is 12.9. The van der Waals surface area contributed by atoms with Crippen LogP contribution in [0.4, 0.5) is 5.69 Å². The molecule has 1 aliphatic heterocycles. The molecule has 0 radical (unpaired) electrons. The lowest BCUT2D eigenvalue weighted by atomic mass is 9.63. The minimum absolute atomic E-state index is 0.000658. The average Bonchev–Trinajstić information content (AvgIpc) is 3.39. The van der Waals surface area contributed by atoms with Crippen LogP contribution in [0, 0.1) is 45.6 Å². The normalized spacial score (nSPS) is 33.3. The molecule has 1 aromatic carbocycles. The van der Waals surface area contributed by atoms with Crippen LogP contribution in [0.3, 0.4) is 0 Å². The van der Waals surface area contributed by atoms with Gasteiger partial charge >= 0.3 is 0 Å². The highest BCUT2D eigenvalue weighted by atomic mass is 16.6. The van der Waals surface area contributed by atoms with Crippen molar-refractivity contribution in [2.24, 2.45) is 40.6 Å². The van der Waals surface area contributed by atoms with Gasteiger partial charge in [-0.05, 0) is 54.4 Å². The first-order valence-corrected chi connectivity index (χ1v) is 9.98. The Hall–Kier alpha value is -3.55. The van der Waals surface area contributed by atoms with Crippen LogP contribution in [0.15, 0.2) is 58.1 Å². The van der Waals surface area contributed by atoms with Crippen LogP contribution in [-0.4, -0.2) is 28.0 Å². The molecular weight excluding hydrogens is 386 g/mol.